The van der Waals surface area contributed by atoms with Crippen molar-refractivity contribution in [1.82, 2.24) is 0 Å². The lowest BCUT2D eigenvalue weighted by atomic mass is 9.97. The SMILES string of the molecule is COc1cc(CC(=O)/C=C/c2ccccc2)c(C(=O)O)c(OC)c1C. The highest BCUT2D eigenvalue weighted by atomic mass is 16.5. The number of hydrogen-bond donors (Lipinski definition) is 1. The maximum atomic E-state index is 12.3. The molecule has 1 N–H and O–H groups in total. The maximum Gasteiger partial charge on any atom is 0.339 e. The number of carboxylic acid groups (broad SMARTS) is 1. The van der Waals surface area contributed by atoms with Gasteiger partial charge in [-0.15, -0.1) is 0 Å². The summed E-state index contributed by atoms with van der Waals surface area (Å²) in [5.41, 5.74) is 1.82. The summed E-state index contributed by atoms with van der Waals surface area (Å²) in [6.45, 7) is 1.71. The summed E-state index contributed by atoms with van der Waals surface area (Å²) in [4.78, 5) is 23.9. The Morgan fingerprint density at radius 2 is 1.80 bits per heavy atom. The highest BCUT2D eigenvalue weighted by Crippen LogP contribution is 2.34. The largest absolute Gasteiger partial charge is 0.496 e. The standard InChI is InChI=1S/C20H20O5/c1-13-17(24-2)12-15(18(20(22)23)19(13)25-3)11-16(21)10-9-14-7-5-4-6-8-14/h4-10,12H,11H2,1-3H3,(H,22,23)/b10-9+. The molecule has 5 nitrogen and oxygen atoms in total. The van der Waals surface area contributed by atoms with Crippen LogP contribution < -0.4 is 9.47 Å². The molecule has 0 aliphatic carbocycles. The second-order valence-electron chi connectivity index (χ2n) is 5.46. The van der Waals surface area contributed by atoms with Crippen molar-refractivity contribution in [1.29, 1.82) is 0 Å². The van der Waals surface area contributed by atoms with Gasteiger partial charge in [0, 0.05) is 12.0 Å². The Morgan fingerprint density at radius 3 is 2.36 bits per heavy atom. The van der Waals surface area contributed by atoms with Crippen molar-refractivity contribution in [3.63, 3.8) is 0 Å². The number of allylic oxidation sites excluding steroid dienone is 1. The van der Waals surface area contributed by atoms with Gasteiger partial charge in [-0.25, -0.2) is 4.79 Å². The van der Waals surface area contributed by atoms with E-state index >= 15 is 0 Å². The first kappa shape index (κ1) is 18.3. The molecule has 0 atom stereocenters. The van der Waals surface area contributed by atoms with Crippen LogP contribution in [0.2, 0.25) is 0 Å². The first-order chi connectivity index (χ1) is 12.0. The first-order valence-electron chi connectivity index (χ1n) is 7.71. The predicted octanol–water partition coefficient (Wildman–Crippen LogP) is 3.54. The average molecular weight is 340 g/mol. The number of hydrogen-bond acceptors (Lipinski definition) is 4. The first-order valence-corrected chi connectivity index (χ1v) is 7.71. The fraction of sp³-hybridized carbons (Fsp3) is 0.200. The number of carbonyl (C=O) groups excluding carboxylic acids is 1. The van der Waals surface area contributed by atoms with Gasteiger partial charge in [-0.05, 0) is 30.2 Å². The molecule has 0 saturated heterocycles. The lowest BCUT2D eigenvalue weighted by Crippen LogP contribution is -2.11. The lowest BCUT2D eigenvalue weighted by molar-refractivity contribution is -0.113. The number of carboxylic acids is 1. The summed E-state index contributed by atoms with van der Waals surface area (Å²) in [7, 11) is 2.89. The van der Waals surface area contributed by atoms with Gasteiger partial charge in [0.2, 0.25) is 0 Å². The van der Waals surface area contributed by atoms with Crippen LogP contribution in [0.1, 0.15) is 27.0 Å². The third kappa shape index (κ3) is 4.26. The van der Waals surface area contributed by atoms with Crippen LogP contribution in [0.25, 0.3) is 6.08 Å². The Kier molecular flexibility index (Phi) is 5.95. The van der Waals surface area contributed by atoms with Gasteiger partial charge in [-0.1, -0.05) is 36.4 Å². The maximum absolute atomic E-state index is 12.3. The van der Waals surface area contributed by atoms with E-state index in [1.807, 2.05) is 30.3 Å². The monoisotopic (exact) mass is 340 g/mol. The van der Waals surface area contributed by atoms with Gasteiger partial charge in [-0.3, -0.25) is 4.79 Å². The minimum absolute atomic E-state index is 0.0118. The molecular weight excluding hydrogens is 320 g/mol. The summed E-state index contributed by atoms with van der Waals surface area (Å²) >= 11 is 0. The van der Waals surface area contributed by atoms with Gasteiger partial charge >= 0.3 is 5.97 Å². The van der Waals surface area contributed by atoms with Gasteiger partial charge in [0.15, 0.2) is 5.78 Å². The minimum atomic E-state index is -1.14. The molecule has 0 radical (unpaired) electrons. The van der Waals surface area contributed by atoms with E-state index in [9.17, 15) is 14.7 Å². The van der Waals surface area contributed by atoms with Crippen molar-refractivity contribution in [3.8, 4) is 11.5 Å². The molecule has 0 aliphatic heterocycles. The fourth-order valence-corrected chi connectivity index (χ4v) is 2.62. The van der Waals surface area contributed by atoms with Crippen molar-refractivity contribution in [3.05, 3.63) is 64.7 Å². The summed E-state index contributed by atoms with van der Waals surface area (Å²) < 4.78 is 10.5. The van der Waals surface area contributed by atoms with Crippen molar-refractivity contribution < 1.29 is 24.2 Å². The zero-order valence-corrected chi connectivity index (χ0v) is 14.4. The number of aromatic carboxylic acids is 1. The van der Waals surface area contributed by atoms with Crippen molar-refractivity contribution in [2.24, 2.45) is 0 Å². The molecule has 25 heavy (non-hydrogen) atoms. The van der Waals surface area contributed by atoms with E-state index in [2.05, 4.69) is 0 Å². The van der Waals surface area contributed by atoms with Crippen LogP contribution >= 0.6 is 0 Å². The molecule has 0 aromatic heterocycles. The molecule has 0 saturated carbocycles. The quantitative estimate of drug-likeness (QED) is 0.781. The third-order valence-corrected chi connectivity index (χ3v) is 3.83. The Labute approximate surface area is 146 Å². The molecule has 5 heteroatoms. The van der Waals surface area contributed by atoms with Gasteiger partial charge < -0.3 is 14.6 Å². The van der Waals surface area contributed by atoms with E-state index in [0.29, 0.717) is 16.9 Å². The normalized spacial score (nSPS) is 10.7. The number of rotatable bonds is 7. The topological polar surface area (TPSA) is 72.8 Å². The molecule has 0 amide bonds. The number of methoxy groups -OCH3 is 2. The van der Waals surface area contributed by atoms with E-state index in [-0.39, 0.29) is 23.5 Å². The highest BCUT2D eigenvalue weighted by molar-refractivity contribution is 5.99. The van der Waals surface area contributed by atoms with Crippen LogP contribution in [0.5, 0.6) is 11.5 Å². The second kappa shape index (κ2) is 8.15. The molecular formula is C20H20O5. The molecule has 0 unspecified atom stereocenters. The third-order valence-electron chi connectivity index (χ3n) is 3.83. The van der Waals surface area contributed by atoms with E-state index in [1.165, 1.54) is 20.3 Å². The summed E-state index contributed by atoms with van der Waals surface area (Å²) in [5, 5.41) is 9.54. The molecule has 0 fully saturated rings. The molecule has 0 bridgehead atoms. The van der Waals surface area contributed by atoms with E-state index in [4.69, 9.17) is 9.47 Å². The van der Waals surface area contributed by atoms with Crippen LogP contribution in [0.3, 0.4) is 0 Å². The summed E-state index contributed by atoms with van der Waals surface area (Å²) in [6, 6.07) is 11.0. The van der Waals surface area contributed by atoms with E-state index in [1.54, 1.807) is 19.1 Å². The predicted molar refractivity (Wildman–Crippen MR) is 95.4 cm³/mol. The second-order valence-corrected chi connectivity index (χ2v) is 5.46. The van der Waals surface area contributed by atoms with Crippen LogP contribution in [0, 0.1) is 6.92 Å². The summed E-state index contributed by atoms with van der Waals surface area (Å²) in [6.07, 6.45) is 3.09. The van der Waals surface area contributed by atoms with Crippen LogP contribution in [-0.4, -0.2) is 31.1 Å². The van der Waals surface area contributed by atoms with Crippen molar-refractivity contribution >= 4 is 17.8 Å². The molecule has 2 aromatic carbocycles. The minimum Gasteiger partial charge on any atom is -0.496 e. The van der Waals surface area contributed by atoms with E-state index < -0.39 is 5.97 Å². The molecule has 0 spiro atoms. The van der Waals surface area contributed by atoms with Crippen LogP contribution in [-0.2, 0) is 11.2 Å². The number of benzene rings is 2. The van der Waals surface area contributed by atoms with E-state index in [0.717, 1.165) is 5.56 Å². The van der Waals surface area contributed by atoms with Gasteiger partial charge in [0.05, 0.1) is 14.2 Å². The van der Waals surface area contributed by atoms with Gasteiger partial charge in [0.25, 0.3) is 0 Å². The Morgan fingerprint density at radius 1 is 1.12 bits per heavy atom. The highest BCUT2D eigenvalue weighted by Gasteiger charge is 2.23. The Balaban J connectivity index is 2.36. The average Bonchev–Trinajstić information content (AvgIpc) is 2.61. The zero-order chi connectivity index (χ0) is 18.4. The lowest BCUT2D eigenvalue weighted by Gasteiger charge is -2.16. The van der Waals surface area contributed by atoms with Crippen LogP contribution in [0.15, 0.2) is 42.5 Å². The van der Waals surface area contributed by atoms with Gasteiger partial charge in [-0.2, -0.15) is 0 Å². The Hall–Kier alpha value is -3.08. The Bertz CT molecular complexity index is 807. The number of carbonyl (C=O) groups is 2. The van der Waals surface area contributed by atoms with Crippen molar-refractivity contribution in [2.75, 3.05) is 14.2 Å². The molecule has 0 aliphatic rings. The molecule has 2 rings (SSSR count). The zero-order valence-electron chi connectivity index (χ0n) is 14.4. The van der Waals surface area contributed by atoms with Crippen LogP contribution in [0.4, 0.5) is 0 Å². The van der Waals surface area contributed by atoms with Crippen molar-refractivity contribution in [2.45, 2.75) is 13.3 Å². The number of ether oxygens (including phenoxy) is 2. The number of ketones is 1. The fourth-order valence-electron chi connectivity index (χ4n) is 2.62. The molecule has 130 valence electrons. The molecule has 0 heterocycles. The smallest absolute Gasteiger partial charge is 0.339 e. The van der Waals surface area contributed by atoms with Gasteiger partial charge in [0.1, 0.15) is 17.1 Å². The summed E-state index contributed by atoms with van der Waals surface area (Å²) in [5.74, 6) is -0.657. The molecule has 2 aromatic rings.